The van der Waals surface area contributed by atoms with Gasteiger partial charge in [-0.15, -0.1) is 0 Å². The molecule has 0 spiro atoms. The van der Waals surface area contributed by atoms with Crippen LogP contribution in [0, 0.1) is 13.8 Å². The van der Waals surface area contributed by atoms with Crippen LogP contribution >= 0.6 is 27.5 Å². The molecule has 20 heavy (non-hydrogen) atoms. The van der Waals surface area contributed by atoms with Gasteiger partial charge in [-0.05, 0) is 49.2 Å². The number of nitrogens with two attached hydrogens (primary N) is 1. The van der Waals surface area contributed by atoms with Crippen LogP contribution in [-0.4, -0.2) is 5.91 Å². The Bertz CT molecular complexity index is 663. The molecule has 3 nitrogen and oxygen atoms in total. The lowest BCUT2D eigenvalue weighted by atomic mass is 10.1. The molecule has 0 saturated carbocycles. The summed E-state index contributed by atoms with van der Waals surface area (Å²) in [4.78, 5) is 11.1. The van der Waals surface area contributed by atoms with Crippen molar-refractivity contribution in [2.45, 2.75) is 13.8 Å². The molecule has 0 bridgehead atoms. The van der Waals surface area contributed by atoms with Gasteiger partial charge in [-0.1, -0.05) is 27.5 Å². The molecule has 0 aromatic heterocycles. The minimum atomic E-state index is -0.558. The minimum absolute atomic E-state index is 0.278. The number of halogens is 2. The molecule has 0 aliphatic rings. The summed E-state index contributed by atoms with van der Waals surface area (Å²) in [5.41, 5.74) is 7.65. The number of rotatable bonds is 3. The summed E-state index contributed by atoms with van der Waals surface area (Å²) in [5, 5.41) is 0.278. The van der Waals surface area contributed by atoms with E-state index in [-0.39, 0.29) is 10.6 Å². The van der Waals surface area contributed by atoms with E-state index in [0.717, 1.165) is 15.6 Å². The molecule has 0 aliphatic heterocycles. The molecular weight excluding hydrogens is 342 g/mol. The maximum atomic E-state index is 11.1. The van der Waals surface area contributed by atoms with Crippen molar-refractivity contribution in [3.63, 3.8) is 0 Å². The lowest BCUT2D eigenvalue weighted by molar-refractivity contribution is 0.100. The number of primary amides is 1. The Morgan fingerprint density at radius 2 is 1.75 bits per heavy atom. The molecule has 0 atom stereocenters. The number of ether oxygens (including phenoxy) is 1. The maximum Gasteiger partial charge on any atom is 0.250 e. The summed E-state index contributed by atoms with van der Waals surface area (Å²) < 4.78 is 6.82. The van der Waals surface area contributed by atoms with Crippen molar-refractivity contribution in [2.75, 3.05) is 0 Å². The summed E-state index contributed by atoms with van der Waals surface area (Å²) in [5.74, 6) is 0.712. The molecule has 2 aromatic rings. The zero-order valence-corrected chi connectivity index (χ0v) is 13.4. The van der Waals surface area contributed by atoms with Crippen molar-refractivity contribution >= 4 is 33.4 Å². The summed E-state index contributed by atoms with van der Waals surface area (Å²) in [6.07, 6.45) is 0. The van der Waals surface area contributed by atoms with Gasteiger partial charge in [-0.3, -0.25) is 4.79 Å². The first-order valence-electron chi connectivity index (χ1n) is 5.92. The monoisotopic (exact) mass is 353 g/mol. The topological polar surface area (TPSA) is 52.3 Å². The van der Waals surface area contributed by atoms with E-state index in [1.807, 2.05) is 26.0 Å². The summed E-state index contributed by atoms with van der Waals surface area (Å²) in [7, 11) is 0. The van der Waals surface area contributed by atoms with Gasteiger partial charge in [-0.25, -0.2) is 0 Å². The number of benzene rings is 2. The fraction of sp³-hybridized carbons (Fsp3) is 0.133. The number of carbonyl (C=O) groups excluding carboxylic acids is 1. The normalized spacial score (nSPS) is 10.4. The molecule has 0 heterocycles. The van der Waals surface area contributed by atoms with E-state index in [2.05, 4.69) is 15.9 Å². The van der Waals surface area contributed by atoms with Crippen LogP contribution in [0.3, 0.4) is 0 Å². The van der Waals surface area contributed by atoms with Crippen LogP contribution in [-0.2, 0) is 0 Å². The highest BCUT2D eigenvalue weighted by Gasteiger charge is 2.09. The molecule has 5 heteroatoms. The molecule has 0 unspecified atom stereocenters. The van der Waals surface area contributed by atoms with Gasteiger partial charge in [0.1, 0.15) is 11.5 Å². The SMILES string of the molecule is Cc1cc(Oc2ccc(C(N)=O)c(Cl)c2)cc(C)c1Br. The third-order valence-corrected chi connectivity index (χ3v) is 4.42. The largest absolute Gasteiger partial charge is 0.457 e. The third-order valence-electron chi connectivity index (χ3n) is 2.85. The fourth-order valence-corrected chi connectivity index (χ4v) is 2.35. The Morgan fingerprint density at radius 3 is 2.25 bits per heavy atom. The van der Waals surface area contributed by atoms with E-state index >= 15 is 0 Å². The average Bonchev–Trinajstić information content (AvgIpc) is 2.35. The lowest BCUT2D eigenvalue weighted by Gasteiger charge is -2.10. The second-order valence-corrected chi connectivity index (χ2v) is 5.68. The lowest BCUT2D eigenvalue weighted by Crippen LogP contribution is -2.11. The van der Waals surface area contributed by atoms with Crippen LogP contribution in [0.5, 0.6) is 11.5 Å². The van der Waals surface area contributed by atoms with Crippen LogP contribution in [0.1, 0.15) is 21.5 Å². The van der Waals surface area contributed by atoms with Crippen molar-refractivity contribution in [3.8, 4) is 11.5 Å². The molecule has 2 N–H and O–H groups in total. The Balaban J connectivity index is 2.31. The van der Waals surface area contributed by atoms with E-state index in [4.69, 9.17) is 22.1 Å². The first-order chi connectivity index (χ1) is 9.38. The average molecular weight is 355 g/mol. The van der Waals surface area contributed by atoms with Gasteiger partial charge >= 0.3 is 0 Å². The van der Waals surface area contributed by atoms with Gasteiger partial charge < -0.3 is 10.5 Å². The molecule has 0 fully saturated rings. The molecule has 2 aromatic carbocycles. The fourth-order valence-electron chi connectivity index (χ4n) is 1.86. The Hall–Kier alpha value is -1.52. The van der Waals surface area contributed by atoms with Gasteiger partial charge in [-0.2, -0.15) is 0 Å². The number of aryl methyl sites for hydroxylation is 2. The van der Waals surface area contributed by atoms with E-state index in [1.54, 1.807) is 18.2 Å². The Morgan fingerprint density at radius 1 is 1.15 bits per heavy atom. The van der Waals surface area contributed by atoms with Crippen LogP contribution in [0.2, 0.25) is 5.02 Å². The molecular formula is C15H13BrClNO2. The number of hydrogen-bond donors (Lipinski definition) is 1. The predicted molar refractivity (Wildman–Crippen MR) is 83.7 cm³/mol. The number of amides is 1. The van der Waals surface area contributed by atoms with Gasteiger partial charge in [0.15, 0.2) is 0 Å². The second kappa shape index (κ2) is 5.85. The van der Waals surface area contributed by atoms with Crippen molar-refractivity contribution in [2.24, 2.45) is 5.73 Å². The molecule has 104 valence electrons. The Labute approximate surface area is 130 Å². The summed E-state index contributed by atoms with van der Waals surface area (Å²) >= 11 is 9.50. The highest BCUT2D eigenvalue weighted by atomic mass is 79.9. The van der Waals surface area contributed by atoms with Crippen LogP contribution < -0.4 is 10.5 Å². The molecule has 0 aliphatic carbocycles. The Kier molecular flexibility index (Phi) is 4.35. The molecule has 0 radical (unpaired) electrons. The van der Waals surface area contributed by atoms with Crippen molar-refractivity contribution in [1.29, 1.82) is 0 Å². The molecule has 2 rings (SSSR count). The number of hydrogen-bond acceptors (Lipinski definition) is 2. The smallest absolute Gasteiger partial charge is 0.250 e. The third kappa shape index (κ3) is 3.14. The predicted octanol–water partition coefficient (Wildman–Crippen LogP) is 4.61. The standard InChI is InChI=1S/C15H13BrClNO2/c1-8-5-11(6-9(2)14(8)16)20-10-3-4-12(15(18)19)13(17)7-10/h3-7H,1-2H3,(H2,18,19). The van der Waals surface area contributed by atoms with E-state index in [1.165, 1.54) is 0 Å². The summed E-state index contributed by atoms with van der Waals surface area (Å²) in [6.45, 7) is 3.99. The van der Waals surface area contributed by atoms with Gasteiger partial charge in [0.05, 0.1) is 10.6 Å². The van der Waals surface area contributed by atoms with Crippen molar-refractivity contribution in [1.82, 2.24) is 0 Å². The van der Waals surface area contributed by atoms with Crippen LogP contribution in [0.25, 0.3) is 0 Å². The van der Waals surface area contributed by atoms with Gasteiger partial charge in [0, 0.05) is 10.5 Å². The summed E-state index contributed by atoms with van der Waals surface area (Å²) in [6, 6.07) is 8.64. The van der Waals surface area contributed by atoms with E-state index in [0.29, 0.717) is 11.5 Å². The first kappa shape index (κ1) is 14.9. The zero-order valence-electron chi connectivity index (χ0n) is 11.0. The van der Waals surface area contributed by atoms with Crippen LogP contribution in [0.15, 0.2) is 34.8 Å². The zero-order chi connectivity index (χ0) is 14.9. The first-order valence-corrected chi connectivity index (χ1v) is 7.09. The van der Waals surface area contributed by atoms with Gasteiger partial charge in [0.25, 0.3) is 0 Å². The quantitative estimate of drug-likeness (QED) is 0.875. The molecule has 1 amide bonds. The highest BCUT2D eigenvalue weighted by Crippen LogP contribution is 2.31. The number of carbonyl (C=O) groups is 1. The van der Waals surface area contributed by atoms with E-state index in [9.17, 15) is 4.79 Å². The maximum absolute atomic E-state index is 11.1. The minimum Gasteiger partial charge on any atom is -0.457 e. The van der Waals surface area contributed by atoms with Gasteiger partial charge in [0.2, 0.25) is 5.91 Å². The van der Waals surface area contributed by atoms with Crippen LogP contribution in [0.4, 0.5) is 0 Å². The van der Waals surface area contributed by atoms with Crippen molar-refractivity contribution < 1.29 is 9.53 Å². The van der Waals surface area contributed by atoms with Crippen molar-refractivity contribution in [3.05, 3.63) is 56.5 Å². The molecule has 0 saturated heterocycles. The second-order valence-electron chi connectivity index (χ2n) is 4.48. The van der Waals surface area contributed by atoms with E-state index < -0.39 is 5.91 Å². The highest BCUT2D eigenvalue weighted by molar-refractivity contribution is 9.10.